The highest BCUT2D eigenvalue weighted by Gasteiger charge is 2.54. The summed E-state index contributed by atoms with van der Waals surface area (Å²) in [6, 6.07) is 11.1. The Hall–Kier alpha value is -2.55. The van der Waals surface area contributed by atoms with Gasteiger partial charge in [-0.3, -0.25) is 4.79 Å². The predicted octanol–water partition coefficient (Wildman–Crippen LogP) is 8.10. The minimum atomic E-state index is -0.818. The molecular weight excluding hydrogens is 596 g/mol. The lowest BCUT2D eigenvalue weighted by atomic mass is 9.81. The summed E-state index contributed by atoms with van der Waals surface area (Å²) >= 11 is 13.6. The lowest BCUT2D eigenvalue weighted by Gasteiger charge is -2.37. The minimum Gasteiger partial charge on any atom is -0.458 e. The van der Waals surface area contributed by atoms with Crippen molar-refractivity contribution in [3.63, 3.8) is 0 Å². The molecule has 0 N–H and O–H groups in total. The number of likely N-dealkylation sites (tertiary alicyclic amines) is 1. The first kappa shape index (κ1) is 30.9. The molecule has 1 saturated heterocycles. The first-order valence-corrected chi connectivity index (χ1v) is 15.8. The Morgan fingerprint density at radius 3 is 2.38 bits per heavy atom. The van der Waals surface area contributed by atoms with Gasteiger partial charge in [-0.25, -0.2) is 14.2 Å². The molecule has 0 aliphatic carbocycles. The molecule has 1 fully saturated rings. The molecule has 3 aliphatic heterocycles. The zero-order valence-corrected chi connectivity index (χ0v) is 27.2. The summed E-state index contributed by atoms with van der Waals surface area (Å²) in [5.41, 5.74) is 0.906. The van der Waals surface area contributed by atoms with Gasteiger partial charge in [0.1, 0.15) is 27.9 Å². The number of fused-ring (bicyclic) bond motifs is 1. The lowest BCUT2D eigenvalue weighted by molar-refractivity contribution is -0.163. The average molecular weight is 633 g/mol. The second kappa shape index (κ2) is 11.2. The molecule has 4 atom stereocenters. The summed E-state index contributed by atoms with van der Waals surface area (Å²) in [6.07, 6.45) is 1.25. The zero-order valence-electron chi connectivity index (χ0n) is 24.9. The summed E-state index contributed by atoms with van der Waals surface area (Å²) in [6.45, 7) is 13.5. The first-order valence-electron chi connectivity index (χ1n) is 14.2. The number of amides is 1. The van der Waals surface area contributed by atoms with Gasteiger partial charge < -0.3 is 14.5 Å². The number of ether oxygens (including phenoxy) is 1. The van der Waals surface area contributed by atoms with Crippen molar-refractivity contribution in [2.24, 2.45) is 10.9 Å². The van der Waals surface area contributed by atoms with Crippen LogP contribution in [0.5, 0.6) is 0 Å². The zero-order chi connectivity index (χ0) is 30.7. The number of hydrogen-bond acceptors (Lipinski definition) is 6. The number of carbonyl (C=O) groups excluding carboxylic acids is 2. The lowest BCUT2D eigenvalue weighted by Crippen LogP contribution is -2.46. The molecule has 6 nitrogen and oxygen atoms in total. The molecule has 0 spiro atoms. The number of carbonyl (C=O) groups is 2. The Morgan fingerprint density at radius 2 is 1.79 bits per heavy atom. The number of allylic oxidation sites excluding steroid dienone is 1. The standard InChI is InChI=1S/C32H36Cl2FN3O3S/c1-17(2)25-26(28(39)37-18(3)8-15-24(37)29(40)41-31(4,5)6)42-30-36-32(7,20-10-12-21(33)13-11-20)27(38(25)30)19-9-14-22(34)23(35)16-19/h9-14,16-18,24,27H,8,15H2,1-7H3/t18-,24+,27-,32+/m1/s1. The van der Waals surface area contributed by atoms with Gasteiger partial charge in [0.25, 0.3) is 5.91 Å². The fraction of sp³-hybridized carbons (Fsp3) is 0.469. The van der Waals surface area contributed by atoms with E-state index in [0.29, 0.717) is 33.5 Å². The number of halogens is 3. The van der Waals surface area contributed by atoms with E-state index in [-0.39, 0.29) is 22.9 Å². The molecule has 0 bridgehead atoms. The van der Waals surface area contributed by atoms with E-state index in [2.05, 4.69) is 4.90 Å². The van der Waals surface area contributed by atoms with Crippen molar-refractivity contribution in [2.45, 2.75) is 90.6 Å². The van der Waals surface area contributed by atoms with Crippen LogP contribution >= 0.6 is 35.0 Å². The van der Waals surface area contributed by atoms with E-state index in [1.165, 1.54) is 17.8 Å². The summed E-state index contributed by atoms with van der Waals surface area (Å²) in [4.78, 5) is 37.0. The van der Waals surface area contributed by atoms with Gasteiger partial charge in [0.2, 0.25) is 0 Å². The number of rotatable bonds is 5. The van der Waals surface area contributed by atoms with Gasteiger partial charge in [-0.15, -0.1) is 0 Å². The molecule has 0 unspecified atom stereocenters. The fourth-order valence-corrected chi connectivity index (χ4v) is 7.74. The number of aliphatic imine (C=N–C) groups is 1. The van der Waals surface area contributed by atoms with Crippen LogP contribution in [0.4, 0.5) is 4.39 Å². The maximum Gasteiger partial charge on any atom is 0.329 e. The molecule has 0 saturated carbocycles. The number of nitrogens with zero attached hydrogens (tertiary/aromatic N) is 3. The smallest absolute Gasteiger partial charge is 0.329 e. The Balaban J connectivity index is 1.61. The number of amidine groups is 1. The predicted molar refractivity (Wildman–Crippen MR) is 167 cm³/mol. The van der Waals surface area contributed by atoms with Crippen LogP contribution in [0, 0.1) is 11.7 Å². The molecule has 1 amide bonds. The van der Waals surface area contributed by atoms with Crippen molar-refractivity contribution in [1.29, 1.82) is 0 Å². The van der Waals surface area contributed by atoms with E-state index in [4.69, 9.17) is 32.9 Å². The quantitative estimate of drug-likeness (QED) is 0.312. The van der Waals surface area contributed by atoms with Crippen LogP contribution in [-0.2, 0) is 19.9 Å². The highest BCUT2D eigenvalue weighted by Crippen LogP contribution is 2.56. The number of esters is 1. The molecule has 0 radical (unpaired) electrons. The Kier molecular flexibility index (Phi) is 8.22. The van der Waals surface area contributed by atoms with Gasteiger partial charge in [-0.2, -0.15) is 0 Å². The Morgan fingerprint density at radius 1 is 1.12 bits per heavy atom. The van der Waals surface area contributed by atoms with Gasteiger partial charge in [-0.1, -0.05) is 55.2 Å². The molecule has 5 rings (SSSR count). The molecule has 3 aliphatic rings. The molecule has 0 aromatic heterocycles. The minimum absolute atomic E-state index is 0.0357. The van der Waals surface area contributed by atoms with Crippen LogP contribution in [0.2, 0.25) is 10.0 Å². The second-order valence-electron chi connectivity index (χ2n) is 12.7. The third-order valence-corrected chi connectivity index (χ3v) is 9.64. The van der Waals surface area contributed by atoms with E-state index in [0.717, 1.165) is 11.3 Å². The van der Waals surface area contributed by atoms with Gasteiger partial charge in [-0.05, 0) is 101 Å². The van der Waals surface area contributed by atoms with E-state index in [1.54, 1.807) is 11.0 Å². The third kappa shape index (κ3) is 5.46. The summed E-state index contributed by atoms with van der Waals surface area (Å²) < 4.78 is 20.6. The average Bonchev–Trinajstić information content (AvgIpc) is 3.54. The van der Waals surface area contributed by atoms with Crippen LogP contribution in [0.25, 0.3) is 0 Å². The van der Waals surface area contributed by atoms with Crippen molar-refractivity contribution < 1.29 is 18.7 Å². The first-order chi connectivity index (χ1) is 19.6. The van der Waals surface area contributed by atoms with E-state index in [9.17, 15) is 14.0 Å². The largest absolute Gasteiger partial charge is 0.458 e. The SMILES string of the molecule is CC(C)C1=C(C(=O)N2[C@H](C)CC[C@H]2C(=O)OC(C)(C)C)SC2=N[C@@](C)(c3ccc(Cl)cc3)[C@@H](c3ccc(Cl)c(F)c3)N21. The highest BCUT2D eigenvalue weighted by molar-refractivity contribution is 8.18. The van der Waals surface area contributed by atoms with Crippen LogP contribution in [0.3, 0.4) is 0 Å². The molecule has 2 aromatic carbocycles. The summed E-state index contributed by atoms with van der Waals surface area (Å²) in [5.74, 6) is -1.20. The molecule has 42 heavy (non-hydrogen) atoms. The van der Waals surface area contributed by atoms with Crippen molar-refractivity contribution in [3.8, 4) is 0 Å². The third-order valence-electron chi connectivity index (χ3n) is 8.02. The van der Waals surface area contributed by atoms with Gasteiger partial charge >= 0.3 is 5.97 Å². The van der Waals surface area contributed by atoms with Crippen LogP contribution in [0.15, 0.2) is 58.1 Å². The van der Waals surface area contributed by atoms with Crippen LogP contribution in [0.1, 0.15) is 78.5 Å². The molecule has 3 heterocycles. The van der Waals surface area contributed by atoms with Crippen molar-refractivity contribution >= 4 is 52.0 Å². The maximum atomic E-state index is 14.9. The Labute approximate surface area is 261 Å². The van der Waals surface area contributed by atoms with Gasteiger partial charge in [0, 0.05) is 16.8 Å². The number of hydrogen-bond donors (Lipinski definition) is 0. The van der Waals surface area contributed by atoms with Crippen molar-refractivity contribution in [1.82, 2.24) is 9.80 Å². The molecular formula is C32H36Cl2FN3O3S. The normalized spacial score (nSPS) is 25.8. The van der Waals surface area contributed by atoms with Crippen LogP contribution in [-0.4, -0.2) is 44.5 Å². The van der Waals surface area contributed by atoms with Crippen molar-refractivity contribution in [3.05, 3.63) is 80.1 Å². The number of benzene rings is 2. The van der Waals surface area contributed by atoms with Crippen molar-refractivity contribution in [2.75, 3.05) is 0 Å². The Bertz CT molecular complexity index is 1490. The second-order valence-corrected chi connectivity index (χ2v) is 14.5. The maximum absolute atomic E-state index is 14.9. The summed E-state index contributed by atoms with van der Waals surface area (Å²) in [7, 11) is 0. The van der Waals surface area contributed by atoms with E-state index in [1.807, 2.05) is 78.8 Å². The summed E-state index contributed by atoms with van der Waals surface area (Å²) in [5, 5.41) is 1.29. The monoisotopic (exact) mass is 631 g/mol. The molecule has 10 heteroatoms. The highest BCUT2D eigenvalue weighted by atomic mass is 35.5. The van der Waals surface area contributed by atoms with E-state index < -0.39 is 35.0 Å². The fourth-order valence-electron chi connectivity index (χ4n) is 6.15. The topological polar surface area (TPSA) is 62.2 Å². The van der Waals surface area contributed by atoms with E-state index >= 15 is 0 Å². The van der Waals surface area contributed by atoms with Crippen LogP contribution < -0.4 is 0 Å². The number of thioether (sulfide) groups is 1. The van der Waals surface area contributed by atoms with Gasteiger partial charge in [0.15, 0.2) is 5.17 Å². The van der Waals surface area contributed by atoms with Gasteiger partial charge in [0.05, 0.1) is 11.1 Å². The molecule has 2 aromatic rings. The molecule has 224 valence electrons.